The lowest BCUT2D eigenvalue weighted by atomic mass is 10.2. The molecule has 0 unspecified atom stereocenters. The predicted octanol–water partition coefficient (Wildman–Crippen LogP) is 9.63. The first kappa shape index (κ1) is 20.6. The number of hydrogen-bond acceptors (Lipinski definition) is 5. The van der Waals surface area contributed by atoms with Crippen molar-refractivity contribution in [3.63, 3.8) is 0 Å². The van der Waals surface area contributed by atoms with Crippen LogP contribution < -0.4 is 10.2 Å². The third-order valence-electron chi connectivity index (χ3n) is 3.34. The number of benzene rings is 2. The van der Waals surface area contributed by atoms with Crippen molar-refractivity contribution in [3.05, 3.63) is 59.7 Å². The molecular formula is C14H16Cl4N5P3. The van der Waals surface area contributed by atoms with Crippen LogP contribution in [0.2, 0.25) is 0 Å². The highest BCUT2D eigenvalue weighted by Crippen LogP contribution is 2.84. The normalized spacial score (nSPS) is 26.8. The number of anilines is 2. The van der Waals surface area contributed by atoms with Gasteiger partial charge in [-0.3, -0.25) is 0 Å². The molecule has 5 nitrogen and oxygen atoms in total. The molecule has 0 fully saturated rings. The Bertz CT molecular complexity index is 930. The summed E-state index contributed by atoms with van der Waals surface area (Å²) in [5.41, 5.74) is 3.78. The summed E-state index contributed by atoms with van der Waals surface area (Å²) in [6.45, 7) is -1.95. The molecule has 1 aliphatic rings. The van der Waals surface area contributed by atoms with E-state index in [1.165, 1.54) is 0 Å². The highest BCUT2D eigenvalue weighted by atomic mass is 35.9. The zero-order valence-corrected chi connectivity index (χ0v) is 19.5. The van der Waals surface area contributed by atoms with Crippen LogP contribution in [0.5, 0.6) is 0 Å². The molecule has 0 spiro atoms. The number of nitrogens with zero attached hydrogens (tertiary/aromatic N) is 3. The maximum absolute atomic E-state index is 6.68. The molecule has 0 bridgehead atoms. The van der Waals surface area contributed by atoms with Crippen molar-refractivity contribution in [1.29, 1.82) is 0 Å². The fraction of sp³-hybridized carbons (Fsp3) is 0.143. The molecule has 0 amide bonds. The Hall–Kier alpha value is -0.110. The fourth-order valence-electron chi connectivity index (χ4n) is 2.17. The smallest absolute Gasteiger partial charge is 0.262 e. The summed E-state index contributed by atoms with van der Waals surface area (Å²) in [4.78, 5) is 0. The Morgan fingerprint density at radius 2 is 1.00 bits per heavy atom. The molecule has 2 aromatic carbocycles. The van der Waals surface area contributed by atoms with E-state index in [0.717, 1.165) is 22.5 Å². The number of nitrogens with one attached hydrogen (secondary N) is 2. The summed E-state index contributed by atoms with van der Waals surface area (Å²) in [6.07, 6.45) is 0. The van der Waals surface area contributed by atoms with Crippen molar-refractivity contribution in [2.24, 2.45) is 13.5 Å². The summed E-state index contributed by atoms with van der Waals surface area (Å²) < 4.78 is 13.1. The quantitative estimate of drug-likeness (QED) is 0.420. The van der Waals surface area contributed by atoms with Crippen molar-refractivity contribution >= 4 is 75.7 Å². The third kappa shape index (κ3) is 5.46. The molecule has 1 heterocycles. The lowest BCUT2D eigenvalue weighted by molar-refractivity contribution is 1.47. The summed E-state index contributed by atoms with van der Waals surface area (Å²) in [6, 6.07) is 15.4. The second-order valence-electron chi connectivity index (χ2n) is 5.73. The van der Waals surface area contributed by atoms with Gasteiger partial charge in [0.25, 0.3) is 19.3 Å². The molecule has 0 radical (unpaired) electrons. The van der Waals surface area contributed by atoms with Crippen LogP contribution in [0, 0.1) is 13.8 Å². The number of rotatable bonds is 4. The molecule has 0 aliphatic carbocycles. The SMILES string of the molecule is Cc1ccc(N[P@]2(Cl)=N[P@](Cl)(Nc3ccc(C)cc3)=NP(Cl)(Cl)=N2)cc1. The Kier molecular flexibility index (Phi) is 6.12. The van der Waals surface area contributed by atoms with E-state index < -0.39 is 19.3 Å². The Morgan fingerprint density at radius 1 is 0.615 bits per heavy atom. The summed E-state index contributed by atoms with van der Waals surface area (Å²) in [5.74, 6) is -3.06. The Balaban J connectivity index is 2.00. The molecule has 2 aromatic rings. The van der Waals surface area contributed by atoms with Gasteiger partial charge in [-0.05, 0) is 83.1 Å². The largest absolute Gasteiger partial charge is 0.323 e. The second kappa shape index (κ2) is 7.72. The van der Waals surface area contributed by atoms with Crippen molar-refractivity contribution in [3.8, 4) is 0 Å². The third-order valence-corrected chi connectivity index (χ3v) is 15.3. The summed E-state index contributed by atoms with van der Waals surface area (Å²) in [5, 5.41) is 6.27. The molecular weight excluding hydrogens is 473 g/mol. The van der Waals surface area contributed by atoms with Crippen molar-refractivity contribution < 1.29 is 0 Å². The van der Waals surface area contributed by atoms with E-state index in [-0.39, 0.29) is 0 Å². The van der Waals surface area contributed by atoms with Crippen molar-refractivity contribution in [2.45, 2.75) is 13.8 Å². The molecule has 0 saturated heterocycles. The van der Waals surface area contributed by atoms with Crippen LogP contribution in [0.4, 0.5) is 11.4 Å². The zero-order chi connectivity index (χ0) is 19.0. The van der Waals surface area contributed by atoms with E-state index in [2.05, 4.69) is 23.7 Å². The second-order valence-corrected chi connectivity index (χ2v) is 17.5. The van der Waals surface area contributed by atoms with Gasteiger partial charge >= 0.3 is 0 Å². The number of halogens is 4. The molecule has 12 heteroatoms. The van der Waals surface area contributed by atoms with E-state index >= 15 is 0 Å². The van der Waals surface area contributed by atoms with Gasteiger partial charge in [0.2, 0.25) is 0 Å². The first-order chi connectivity index (χ1) is 12.1. The van der Waals surface area contributed by atoms with Crippen molar-refractivity contribution in [2.75, 3.05) is 10.2 Å². The minimum absolute atomic E-state index is 0.764. The fourth-order valence-corrected chi connectivity index (χ4v) is 18.0. The summed E-state index contributed by atoms with van der Waals surface area (Å²) in [7, 11) is 0. The first-order valence-electron chi connectivity index (χ1n) is 7.47. The van der Waals surface area contributed by atoms with E-state index in [1.807, 2.05) is 62.4 Å². The Labute approximate surface area is 172 Å². The molecule has 0 saturated carbocycles. The van der Waals surface area contributed by atoms with Crippen LogP contribution in [-0.4, -0.2) is 0 Å². The van der Waals surface area contributed by atoms with Gasteiger partial charge in [0.05, 0.1) is 0 Å². The summed E-state index contributed by atoms with van der Waals surface area (Å²) >= 11 is 26.0. The Morgan fingerprint density at radius 3 is 1.42 bits per heavy atom. The van der Waals surface area contributed by atoms with Crippen molar-refractivity contribution in [1.82, 2.24) is 0 Å². The first-order valence-corrected chi connectivity index (χ1v) is 16.2. The zero-order valence-electron chi connectivity index (χ0n) is 13.8. The molecule has 140 valence electrons. The van der Waals surface area contributed by atoms with Gasteiger partial charge < -0.3 is 10.2 Å². The van der Waals surface area contributed by atoms with Crippen LogP contribution >= 0.6 is 64.3 Å². The average Bonchev–Trinajstić information content (AvgIpc) is 2.49. The van der Waals surface area contributed by atoms with Gasteiger partial charge in [-0.2, -0.15) is 13.5 Å². The van der Waals surface area contributed by atoms with Gasteiger partial charge in [-0.15, -0.1) is 0 Å². The molecule has 3 rings (SSSR count). The predicted molar refractivity (Wildman–Crippen MR) is 121 cm³/mol. The minimum Gasteiger partial charge on any atom is -0.323 e. The molecule has 0 aromatic heterocycles. The number of aryl methyl sites for hydroxylation is 2. The van der Waals surface area contributed by atoms with Gasteiger partial charge in [-0.1, -0.05) is 35.4 Å². The minimum atomic E-state index is -3.06. The van der Waals surface area contributed by atoms with Gasteiger partial charge in [0.1, 0.15) is 0 Å². The van der Waals surface area contributed by atoms with Gasteiger partial charge in [-0.25, -0.2) is 0 Å². The monoisotopic (exact) mass is 487 g/mol. The standard InChI is InChI=1S/C14H16Cl4N5P3/c1-11-3-7-13(8-4-11)19-25(17)21-24(15,16)22-26(18,23-25)20-14-9-5-12(2)6-10-14/h3-10,19-20H,1-2H3/t25-,26+. The van der Waals surface area contributed by atoms with E-state index in [4.69, 9.17) is 45.0 Å². The van der Waals surface area contributed by atoms with E-state index in [1.54, 1.807) is 0 Å². The highest BCUT2D eigenvalue weighted by molar-refractivity contribution is 8.18. The topological polar surface area (TPSA) is 61.1 Å². The molecule has 26 heavy (non-hydrogen) atoms. The average molecular weight is 489 g/mol. The van der Waals surface area contributed by atoms with Gasteiger partial charge in [0, 0.05) is 11.4 Å². The maximum Gasteiger partial charge on any atom is 0.262 e. The maximum atomic E-state index is 6.68. The lowest BCUT2D eigenvalue weighted by Crippen LogP contribution is -1.95. The molecule has 2 N–H and O–H groups in total. The van der Waals surface area contributed by atoms with Crippen LogP contribution in [0.15, 0.2) is 62.1 Å². The molecule has 2 atom stereocenters. The lowest BCUT2D eigenvalue weighted by Gasteiger charge is -2.26. The van der Waals surface area contributed by atoms with Crippen LogP contribution in [-0.2, 0) is 0 Å². The van der Waals surface area contributed by atoms with Crippen LogP contribution in [0.25, 0.3) is 0 Å². The van der Waals surface area contributed by atoms with Crippen LogP contribution in [0.1, 0.15) is 11.1 Å². The van der Waals surface area contributed by atoms with E-state index in [0.29, 0.717) is 0 Å². The molecule has 1 aliphatic heterocycles. The number of hydrogen-bond donors (Lipinski definition) is 2. The highest BCUT2D eigenvalue weighted by Gasteiger charge is 2.33. The van der Waals surface area contributed by atoms with Gasteiger partial charge in [0.15, 0.2) is 0 Å². The van der Waals surface area contributed by atoms with Crippen LogP contribution in [0.3, 0.4) is 0 Å². The van der Waals surface area contributed by atoms with E-state index in [9.17, 15) is 0 Å².